The number of anilines is 1. The van der Waals surface area contributed by atoms with Gasteiger partial charge in [-0.05, 0) is 61.2 Å². The number of hydrogen-bond donors (Lipinski definition) is 1. The zero-order chi connectivity index (χ0) is 16.7. The molecule has 0 spiro atoms. The first kappa shape index (κ1) is 15.3. The second-order valence-electron chi connectivity index (χ2n) is 6.68. The van der Waals surface area contributed by atoms with Gasteiger partial charge in [-0.1, -0.05) is 28.4 Å². The molecule has 1 aromatic heterocycles. The van der Waals surface area contributed by atoms with E-state index in [1.54, 1.807) is 0 Å². The van der Waals surface area contributed by atoms with Crippen LogP contribution in [0.5, 0.6) is 0 Å². The Kier molecular flexibility index (Phi) is 3.83. The van der Waals surface area contributed by atoms with Crippen molar-refractivity contribution in [2.45, 2.75) is 31.6 Å². The minimum Gasteiger partial charge on any atom is -0.398 e. The van der Waals surface area contributed by atoms with E-state index in [9.17, 15) is 0 Å². The molecule has 122 valence electrons. The van der Waals surface area contributed by atoms with Crippen LogP contribution in [-0.2, 0) is 6.42 Å². The van der Waals surface area contributed by atoms with E-state index in [-0.39, 0.29) is 0 Å². The van der Waals surface area contributed by atoms with Crippen molar-refractivity contribution in [2.24, 2.45) is 11.0 Å². The lowest BCUT2D eigenvalue weighted by molar-refractivity contribution is 0.428. The van der Waals surface area contributed by atoms with E-state index in [0.29, 0.717) is 23.4 Å². The lowest BCUT2D eigenvalue weighted by Gasteiger charge is -2.36. The summed E-state index contributed by atoms with van der Waals surface area (Å²) in [5.74, 6) is 0.915. The first-order valence-corrected chi connectivity index (χ1v) is 8.61. The van der Waals surface area contributed by atoms with Crippen molar-refractivity contribution in [3.05, 3.63) is 56.6 Å². The number of halogens is 1. The molecular formula is C18H18ClN5. The predicted octanol–water partition coefficient (Wildman–Crippen LogP) is 5.15. The fraction of sp³-hybridized carbons (Fsp3) is 0.389. The summed E-state index contributed by atoms with van der Waals surface area (Å²) < 4.78 is 0. The summed E-state index contributed by atoms with van der Waals surface area (Å²) in [6.45, 7) is 0.526. The first-order valence-electron chi connectivity index (χ1n) is 8.23. The molecule has 0 aliphatic heterocycles. The summed E-state index contributed by atoms with van der Waals surface area (Å²) in [6, 6.07) is 5.72. The molecule has 4 rings (SSSR count). The summed E-state index contributed by atoms with van der Waals surface area (Å²) in [7, 11) is 0. The Bertz CT molecular complexity index is 898. The van der Waals surface area contributed by atoms with Gasteiger partial charge in [0.05, 0.1) is 5.52 Å². The maximum absolute atomic E-state index is 8.45. The molecule has 2 aliphatic rings. The maximum atomic E-state index is 8.45. The van der Waals surface area contributed by atoms with Crippen molar-refractivity contribution in [1.82, 2.24) is 4.98 Å². The molecule has 2 N–H and O–H groups in total. The normalized spacial score (nSPS) is 21.8. The summed E-state index contributed by atoms with van der Waals surface area (Å²) in [5, 5.41) is 5.33. The lowest BCUT2D eigenvalue weighted by atomic mass is 9.70. The maximum Gasteiger partial charge on any atom is 0.0741 e. The molecule has 0 fully saturated rings. The van der Waals surface area contributed by atoms with Gasteiger partial charge >= 0.3 is 0 Å². The second-order valence-corrected chi connectivity index (χ2v) is 7.11. The van der Waals surface area contributed by atoms with E-state index in [1.807, 2.05) is 18.2 Å². The standard InChI is InChI=1S/C18H18ClN5/c19-13-1-2-14-15(9-13)23-16-8-11-5-10(3-4-22-24-21)6-12(7-11)17(16)18(14)20/h1-2,5,9,11-12H,3-4,6-8H2,(H2,20,23). The topological polar surface area (TPSA) is 87.7 Å². The summed E-state index contributed by atoms with van der Waals surface area (Å²) in [4.78, 5) is 7.70. The van der Waals surface area contributed by atoms with Crippen LogP contribution < -0.4 is 5.73 Å². The van der Waals surface area contributed by atoms with E-state index in [2.05, 4.69) is 16.1 Å². The molecule has 1 aromatic carbocycles. The van der Waals surface area contributed by atoms with Crippen molar-refractivity contribution in [3.63, 3.8) is 0 Å². The number of hydrogen-bond acceptors (Lipinski definition) is 3. The summed E-state index contributed by atoms with van der Waals surface area (Å²) >= 11 is 6.10. The Morgan fingerprint density at radius 3 is 3.08 bits per heavy atom. The van der Waals surface area contributed by atoms with Gasteiger partial charge in [0.2, 0.25) is 0 Å². The van der Waals surface area contributed by atoms with Crippen molar-refractivity contribution >= 4 is 28.2 Å². The molecular weight excluding hydrogens is 322 g/mol. The number of nitrogens with zero attached hydrogens (tertiary/aromatic N) is 4. The van der Waals surface area contributed by atoms with Crippen LogP contribution in [-0.4, -0.2) is 11.5 Å². The Morgan fingerprint density at radius 1 is 1.38 bits per heavy atom. The lowest BCUT2D eigenvalue weighted by Crippen LogP contribution is -2.24. The number of aromatic nitrogens is 1. The molecule has 0 saturated carbocycles. The molecule has 5 nitrogen and oxygen atoms in total. The molecule has 1 heterocycles. The molecule has 0 amide bonds. The molecule has 2 unspecified atom stereocenters. The number of nitrogens with two attached hydrogens (primary N) is 1. The van der Waals surface area contributed by atoms with E-state index in [0.717, 1.165) is 48.0 Å². The highest BCUT2D eigenvalue weighted by Gasteiger charge is 2.33. The number of benzene rings is 1. The molecule has 6 heteroatoms. The van der Waals surface area contributed by atoms with Gasteiger partial charge < -0.3 is 5.73 Å². The van der Waals surface area contributed by atoms with Gasteiger partial charge in [-0.3, -0.25) is 4.98 Å². The molecule has 24 heavy (non-hydrogen) atoms. The Labute approximate surface area is 145 Å². The minimum absolute atomic E-state index is 0.414. The molecule has 2 bridgehead atoms. The van der Waals surface area contributed by atoms with Crippen LogP contribution in [0, 0.1) is 5.92 Å². The Morgan fingerprint density at radius 2 is 2.25 bits per heavy atom. The molecule has 0 saturated heterocycles. The van der Waals surface area contributed by atoms with Gasteiger partial charge in [-0.25, -0.2) is 0 Å². The van der Waals surface area contributed by atoms with Crippen molar-refractivity contribution in [3.8, 4) is 0 Å². The average molecular weight is 340 g/mol. The van der Waals surface area contributed by atoms with Crippen LogP contribution in [0.1, 0.15) is 36.4 Å². The number of azide groups is 1. The minimum atomic E-state index is 0.414. The number of nitrogen functional groups attached to an aromatic ring is 1. The molecule has 2 aromatic rings. The van der Waals surface area contributed by atoms with E-state index < -0.39 is 0 Å². The van der Waals surface area contributed by atoms with E-state index in [1.165, 1.54) is 11.1 Å². The number of rotatable bonds is 3. The fourth-order valence-electron chi connectivity index (χ4n) is 4.21. The third-order valence-electron chi connectivity index (χ3n) is 5.13. The van der Waals surface area contributed by atoms with Crippen molar-refractivity contribution in [2.75, 3.05) is 12.3 Å². The summed E-state index contributed by atoms with van der Waals surface area (Å²) in [5.41, 5.74) is 20.4. The second kappa shape index (κ2) is 6.00. The van der Waals surface area contributed by atoms with Crippen LogP contribution in [0.2, 0.25) is 5.02 Å². The van der Waals surface area contributed by atoms with Crippen molar-refractivity contribution in [1.29, 1.82) is 0 Å². The number of pyridine rings is 1. The molecule has 2 aliphatic carbocycles. The Hall–Kier alpha value is -2.23. The number of fused-ring (bicyclic) bond motifs is 5. The van der Waals surface area contributed by atoms with Gasteiger partial charge in [-0.2, -0.15) is 0 Å². The van der Waals surface area contributed by atoms with Gasteiger partial charge in [0.25, 0.3) is 0 Å². The van der Waals surface area contributed by atoms with Gasteiger partial charge in [0.15, 0.2) is 0 Å². The highest BCUT2D eigenvalue weighted by molar-refractivity contribution is 6.31. The largest absolute Gasteiger partial charge is 0.398 e. The third kappa shape index (κ3) is 2.60. The Balaban J connectivity index is 1.74. The fourth-order valence-corrected chi connectivity index (χ4v) is 4.38. The first-order chi connectivity index (χ1) is 11.7. The van der Waals surface area contributed by atoms with Crippen molar-refractivity contribution < 1.29 is 0 Å². The highest BCUT2D eigenvalue weighted by atomic mass is 35.5. The molecule has 2 atom stereocenters. The van der Waals surface area contributed by atoms with E-state index >= 15 is 0 Å². The smallest absolute Gasteiger partial charge is 0.0741 e. The highest BCUT2D eigenvalue weighted by Crippen LogP contribution is 2.47. The van der Waals surface area contributed by atoms with Crippen LogP contribution in [0.4, 0.5) is 5.69 Å². The third-order valence-corrected chi connectivity index (χ3v) is 5.37. The van der Waals surface area contributed by atoms with Gasteiger partial charge in [0.1, 0.15) is 0 Å². The number of allylic oxidation sites excluding steroid dienone is 1. The predicted molar refractivity (Wildman–Crippen MR) is 97.0 cm³/mol. The van der Waals surface area contributed by atoms with E-state index in [4.69, 9.17) is 27.8 Å². The monoisotopic (exact) mass is 339 g/mol. The van der Waals surface area contributed by atoms with Gasteiger partial charge in [0, 0.05) is 38.8 Å². The van der Waals surface area contributed by atoms with Crippen LogP contribution in [0.15, 0.2) is 35.0 Å². The summed E-state index contributed by atoms with van der Waals surface area (Å²) in [6.07, 6.45) is 6.22. The zero-order valence-corrected chi connectivity index (χ0v) is 14.0. The quantitative estimate of drug-likeness (QED) is 0.363. The average Bonchev–Trinajstić information content (AvgIpc) is 2.54. The van der Waals surface area contributed by atoms with Crippen LogP contribution in [0.3, 0.4) is 0 Å². The molecule has 0 radical (unpaired) electrons. The zero-order valence-electron chi connectivity index (χ0n) is 13.2. The SMILES string of the molecule is [N-]=[N+]=NCCC1=CC2Cc3nc4cc(Cl)ccc4c(N)c3C(C1)C2. The van der Waals surface area contributed by atoms with Crippen LogP contribution in [0.25, 0.3) is 21.3 Å². The van der Waals surface area contributed by atoms with Gasteiger partial charge in [-0.15, -0.1) is 0 Å². The van der Waals surface area contributed by atoms with Crippen LogP contribution >= 0.6 is 11.6 Å².